The molecule has 0 bridgehead atoms. The number of aryl methyl sites for hydroxylation is 1. The maximum Gasteiger partial charge on any atom is 0.573 e. The van der Waals surface area contributed by atoms with Gasteiger partial charge in [-0.15, -0.1) is 13.2 Å². The van der Waals surface area contributed by atoms with E-state index in [2.05, 4.69) is 15.2 Å². The van der Waals surface area contributed by atoms with E-state index in [1.165, 1.54) is 18.2 Å². The highest BCUT2D eigenvalue weighted by Crippen LogP contribution is 2.34. The third kappa shape index (κ3) is 4.56. The normalized spacial score (nSPS) is 15.4. The molecule has 6 nitrogen and oxygen atoms in total. The summed E-state index contributed by atoms with van der Waals surface area (Å²) in [5, 5.41) is 6.42. The minimum absolute atomic E-state index is 0.200. The number of halogens is 3. The molecule has 1 amide bonds. The van der Waals surface area contributed by atoms with Crippen LogP contribution in [-0.4, -0.2) is 30.1 Å². The number of rotatable bonds is 5. The van der Waals surface area contributed by atoms with Gasteiger partial charge in [-0.2, -0.15) is 0 Å². The number of aromatic nitrogens is 1. The number of alkyl halides is 3. The van der Waals surface area contributed by atoms with E-state index >= 15 is 0 Å². The average molecular weight is 418 g/mol. The van der Waals surface area contributed by atoms with Crippen LogP contribution in [0.3, 0.4) is 0 Å². The number of amides is 1. The second kappa shape index (κ2) is 7.74. The summed E-state index contributed by atoms with van der Waals surface area (Å²) >= 11 is 0. The molecule has 1 aliphatic rings. The Morgan fingerprint density at radius 2 is 2.00 bits per heavy atom. The summed E-state index contributed by atoms with van der Waals surface area (Å²) < 4.78 is 52.1. The monoisotopic (exact) mass is 418 g/mol. The Morgan fingerprint density at radius 1 is 1.20 bits per heavy atom. The third-order valence-corrected chi connectivity index (χ3v) is 4.55. The van der Waals surface area contributed by atoms with Gasteiger partial charge in [0.1, 0.15) is 23.4 Å². The van der Waals surface area contributed by atoms with E-state index in [0.717, 1.165) is 11.1 Å². The molecule has 0 fully saturated rings. The van der Waals surface area contributed by atoms with Crippen LogP contribution in [0, 0.1) is 6.92 Å². The summed E-state index contributed by atoms with van der Waals surface area (Å²) in [4.78, 5) is 12.1. The third-order valence-electron chi connectivity index (χ3n) is 4.55. The van der Waals surface area contributed by atoms with E-state index < -0.39 is 6.36 Å². The van der Waals surface area contributed by atoms with Crippen LogP contribution < -0.4 is 14.8 Å². The van der Waals surface area contributed by atoms with Crippen LogP contribution in [0.2, 0.25) is 0 Å². The second-order valence-electron chi connectivity index (χ2n) is 6.87. The molecule has 0 saturated heterocycles. The zero-order valence-corrected chi connectivity index (χ0v) is 15.8. The minimum atomic E-state index is -4.74. The fourth-order valence-electron chi connectivity index (χ4n) is 3.26. The van der Waals surface area contributed by atoms with Gasteiger partial charge in [0.25, 0.3) is 5.91 Å². The van der Waals surface area contributed by atoms with Crippen molar-refractivity contribution < 1.29 is 32.0 Å². The number of hydrogen-bond donors (Lipinski definition) is 1. The largest absolute Gasteiger partial charge is 0.573 e. The maximum atomic E-state index is 12.5. The highest BCUT2D eigenvalue weighted by atomic mass is 19.4. The highest BCUT2D eigenvalue weighted by Gasteiger charge is 2.31. The molecule has 156 valence electrons. The van der Waals surface area contributed by atoms with Crippen molar-refractivity contribution in [3.8, 4) is 22.6 Å². The predicted octanol–water partition coefficient (Wildman–Crippen LogP) is 4.28. The van der Waals surface area contributed by atoms with Gasteiger partial charge in [0.15, 0.2) is 5.69 Å². The fourth-order valence-corrected chi connectivity index (χ4v) is 3.26. The Kier molecular flexibility index (Phi) is 5.11. The molecule has 0 radical (unpaired) electrons. The van der Waals surface area contributed by atoms with Crippen molar-refractivity contribution in [1.82, 2.24) is 10.5 Å². The Hall–Kier alpha value is -3.49. The first-order chi connectivity index (χ1) is 14.3. The van der Waals surface area contributed by atoms with Gasteiger partial charge in [-0.05, 0) is 47.9 Å². The van der Waals surface area contributed by atoms with E-state index in [1.807, 2.05) is 6.07 Å². The van der Waals surface area contributed by atoms with Crippen molar-refractivity contribution >= 4 is 5.91 Å². The number of carbonyl (C=O) groups excluding carboxylic acids is 1. The summed E-state index contributed by atoms with van der Waals surface area (Å²) in [5.74, 6) is 0.592. The topological polar surface area (TPSA) is 73.6 Å². The molecule has 1 aromatic heterocycles. The first kappa shape index (κ1) is 19.8. The summed E-state index contributed by atoms with van der Waals surface area (Å²) in [6.07, 6.45) is -4.45. The molecule has 0 spiro atoms. The van der Waals surface area contributed by atoms with Crippen molar-refractivity contribution in [2.24, 2.45) is 0 Å². The Morgan fingerprint density at radius 3 is 2.73 bits per heavy atom. The quantitative estimate of drug-likeness (QED) is 0.670. The van der Waals surface area contributed by atoms with Crippen LogP contribution >= 0.6 is 0 Å². The van der Waals surface area contributed by atoms with Crippen LogP contribution in [0.4, 0.5) is 13.2 Å². The summed E-state index contributed by atoms with van der Waals surface area (Å²) in [6.45, 7) is 1.98. The lowest BCUT2D eigenvalue weighted by molar-refractivity contribution is -0.274. The van der Waals surface area contributed by atoms with E-state index in [4.69, 9.17) is 9.26 Å². The number of nitrogens with one attached hydrogen (secondary N) is 1. The number of fused-ring (bicyclic) bond motifs is 1. The van der Waals surface area contributed by atoms with E-state index in [-0.39, 0.29) is 30.0 Å². The fraction of sp³-hybridized carbons (Fsp3) is 0.238. The first-order valence-electron chi connectivity index (χ1n) is 9.14. The lowest BCUT2D eigenvalue weighted by atomic mass is 10.0. The van der Waals surface area contributed by atoms with Gasteiger partial charge in [0.2, 0.25) is 0 Å². The molecule has 2 aromatic carbocycles. The van der Waals surface area contributed by atoms with Crippen LogP contribution in [0.25, 0.3) is 11.1 Å². The molecular formula is C21H17F3N2O4. The standard InChI is InChI=1S/C21H17F3N2O4/c1-12-7-18(26-30-12)20(27)25-11-17-10-15-8-14(5-6-19(15)28-17)13-3-2-4-16(9-13)29-21(22,23)24/h2-9,17H,10-11H2,1H3,(H,25,27). The van der Waals surface area contributed by atoms with Gasteiger partial charge < -0.3 is 19.3 Å². The molecule has 1 atom stereocenters. The SMILES string of the molecule is Cc1cc(C(=O)NCC2Cc3cc(-c4cccc(OC(F)(F)F)c4)ccc3O2)no1. The van der Waals surface area contributed by atoms with E-state index in [9.17, 15) is 18.0 Å². The van der Waals surface area contributed by atoms with Gasteiger partial charge in [-0.3, -0.25) is 4.79 Å². The summed E-state index contributed by atoms with van der Waals surface area (Å²) in [7, 11) is 0. The van der Waals surface area contributed by atoms with Crippen molar-refractivity contribution in [3.63, 3.8) is 0 Å². The molecule has 2 heterocycles. The Labute approximate surface area is 169 Å². The zero-order chi connectivity index (χ0) is 21.3. The molecular weight excluding hydrogens is 401 g/mol. The molecule has 1 aliphatic heterocycles. The minimum Gasteiger partial charge on any atom is -0.488 e. The van der Waals surface area contributed by atoms with Crippen LogP contribution in [0.1, 0.15) is 21.8 Å². The second-order valence-corrected chi connectivity index (χ2v) is 6.87. The highest BCUT2D eigenvalue weighted by molar-refractivity contribution is 5.92. The number of ether oxygens (including phenoxy) is 2. The van der Waals surface area contributed by atoms with Gasteiger partial charge in [-0.1, -0.05) is 23.4 Å². The van der Waals surface area contributed by atoms with Crippen molar-refractivity contribution in [1.29, 1.82) is 0 Å². The summed E-state index contributed by atoms with van der Waals surface area (Å²) in [6, 6.07) is 12.7. The Balaban J connectivity index is 1.42. The van der Waals surface area contributed by atoms with Gasteiger partial charge >= 0.3 is 6.36 Å². The van der Waals surface area contributed by atoms with E-state index in [1.54, 1.807) is 31.2 Å². The molecule has 3 aromatic rings. The van der Waals surface area contributed by atoms with Crippen molar-refractivity contribution in [2.45, 2.75) is 25.8 Å². The number of carbonyl (C=O) groups is 1. The predicted molar refractivity (Wildman–Crippen MR) is 100 cm³/mol. The molecule has 1 unspecified atom stereocenters. The lowest BCUT2D eigenvalue weighted by Gasteiger charge is -2.11. The summed E-state index contributed by atoms with van der Waals surface area (Å²) in [5.41, 5.74) is 2.45. The molecule has 4 rings (SSSR count). The molecule has 30 heavy (non-hydrogen) atoms. The number of nitrogens with zero attached hydrogens (tertiary/aromatic N) is 1. The smallest absolute Gasteiger partial charge is 0.488 e. The van der Waals surface area contributed by atoms with Crippen molar-refractivity contribution in [3.05, 3.63) is 65.5 Å². The van der Waals surface area contributed by atoms with Gasteiger partial charge in [-0.25, -0.2) is 0 Å². The van der Waals surface area contributed by atoms with Crippen LogP contribution in [0.5, 0.6) is 11.5 Å². The zero-order valence-electron chi connectivity index (χ0n) is 15.8. The van der Waals surface area contributed by atoms with Gasteiger partial charge in [0, 0.05) is 12.5 Å². The maximum absolute atomic E-state index is 12.5. The van der Waals surface area contributed by atoms with Crippen LogP contribution in [0.15, 0.2) is 53.1 Å². The number of hydrogen-bond acceptors (Lipinski definition) is 5. The molecule has 9 heteroatoms. The average Bonchev–Trinajstić information content (AvgIpc) is 3.30. The lowest BCUT2D eigenvalue weighted by Crippen LogP contribution is -2.34. The van der Waals surface area contributed by atoms with E-state index in [0.29, 0.717) is 23.5 Å². The number of benzene rings is 2. The molecule has 0 aliphatic carbocycles. The van der Waals surface area contributed by atoms with Crippen molar-refractivity contribution in [2.75, 3.05) is 6.54 Å². The first-order valence-corrected chi connectivity index (χ1v) is 9.14. The van der Waals surface area contributed by atoms with Crippen LogP contribution in [-0.2, 0) is 6.42 Å². The van der Waals surface area contributed by atoms with Gasteiger partial charge in [0.05, 0.1) is 6.54 Å². The molecule has 1 N–H and O–H groups in total. The molecule has 0 saturated carbocycles. The Bertz CT molecular complexity index is 1080.